The molecule has 7 nitrogen and oxygen atoms in total. The van der Waals surface area contributed by atoms with Gasteiger partial charge in [-0.15, -0.1) is 0 Å². The van der Waals surface area contributed by atoms with E-state index >= 15 is 0 Å². The number of methoxy groups -OCH3 is 2. The molecular weight excluding hydrogens is 308 g/mol. The first kappa shape index (κ1) is 20.7. The minimum Gasteiger partial charge on any atom is -0.385 e. The van der Waals surface area contributed by atoms with Crippen molar-refractivity contribution in [2.75, 3.05) is 53.6 Å². The van der Waals surface area contributed by atoms with E-state index < -0.39 is 0 Å². The lowest BCUT2D eigenvalue weighted by atomic mass is 9.83. The van der Waals surface area contributed by atoms with Gasteiger partial charge >= 0.3 is 0 Å². The molecule has 0 saturated heterocycles. The molecule has 0 aliphatic heterocycles. The lowest BCUT2D eigenvalue weighted by Gasteiger charge is -2.29. The summed E-state index contributed by atoms with van der Waals surface area (Å²) in [6.07, 6.45) is 6.07. The molecule has 0 atom stereocenters. The van der Waals surface area contributed by atoms with Gasteiger partial charge in [-0.25, -0.2) is 4.99 Å². The molecule has 0 heterocycles. The normalized spacial score (nSPS) is 16.9. The van der Waals surface area contributed by atoms with Crippen molar-refractivity contribution < 1.29 is 14.3 Å². The average molecular weight is 342 g/mol. The summed E-state index contributed by atoms with van der Waals surface area (Å²) in [6.45, 7) is 5.58. The highest BCUT2D eigenvalue weighted by atomic mass is 16.5. The Morgan fingerprint density at radius 3 is 2.42 bits per heavy atom. The summed E-state index contributed by atoms with van der Waals surface area (Å²) in [5, 5.41) is 9.39. The van der Waals surface area contributed by atoms with Crippen molar-refractivity contribution in [1.29, 1.82) is 0 Å². The first-order chi connectivity index (χ1) is 11.7. The predicted octanol–water partition coefficient (Wildman–Crippen LogP) is 0.901. The van der Waals surface area contributed by atoms with Crippen LogP contribution in [-0.4, -0.2) is 65.5 Å². The highest BCUT2D eigenvalue weighted by Crippen LogP contribution is 2.40. The van der Waals surface area contributed by atoms with Gasteiger partial charge in [0.1, 0.15) is 6.54 Å². The second-order valence-corrected chi connectivity index (χ2v) is 6.34. The molecule has 0 unspecified atom stereocenters. The van der Waals surface area contributed by atoms with Crippen molar-refractivity contribution in [3.63, 3.8) is 0 Å². The zero-order valence-electron chi connectivity index (χ0n) is 15.5. The second kappa shape index (κ2) is 12.1. The van der Waals surface area contributed by atoms with Crippen LogP contribution in [0.3, 0.4) is 0 Å². The third kappa shape index (κ3) is 7.97. The van der Waals surface area contributed by atoms with Crippen LogP contribution in [0.5, 0.6) is 0 Å². The monoisotopic (exact) mass is 342 g/mol. The maximum atomic E-state index is 11.7. The standard InChI is InChI=1S/C17H34N4O3/c1-4-18-16(20-13-15(22)19-10-12-24-3)21-14-17(9-11-23-2)7-5-6-8-17/h4-14H2,1-3H3,(H,19,22)(H2,18,20,21). The molecule has 24 heavy (non-hydrogen) atoms. The van der Waals surface area contributed by atoms with Crippen LogP contribution in [0.15, 0.2) is 4.99 Å². The summed E-state index contributed by atoms with van der Waals surface area (Å²) in [5.74, 6) is 0.599. The Balaban J connectivity index is 2.48. The number of guanidine groups is 1. The van der Waals surface area contributed by atoms with Gasteiger partial charge in [-0.3, -0.25) is 4.79 Å². The molecule has 0 spiro atoms. The highest BCUT2D eigenvalue weighted by Gasteiger charge is 2.33. The zero-order chi connectivity index (χ0) is 17.7. The van der Waals surface area contributed by atoms with E-state index in [1.807, 2.05) is 6.92 Å². The summed E-state index contributed by atoms with van der Waals surface area (Å²) in [6, 6.07) is 0. The molecule has 0 radical (unpaired) electrons. The Hall–Kier alpha value is -1.34. The number of nitrogens with one attached hydrogen (secondary N) is 3. The Bertz CT molecular complexity index is 382. The lowest BCUT2D eigenvalue weighted by Crippen LogP contribution is -2.44. The number of hydrogen-bond acceptors (Lipinski definition) is 4. The van der Waals surface area contributed by atoms with E-state index in [0.29, 0.717) is 19.1 Å². The van der Waals surface area contributed by atoms with Gasteiger partial charge in [0, 0.05) is 40.5 Å². The van der Waals surface area contributed by atoms with E-state index in [0.717, 1.165) is 26.1 Å². The number of aliphatic imine (C=N–C) groups is 1. The van der Waals surface area contributed by atoms with Crippen molar-refractivity contribution in [3.8, 4) is 0 Å². The van der Waals surface area contributed by atoms with Crippen molar-refractivity contribution >= 4 is 11.9 Å². The van der Waals surface area contributed by atoms with Crippen LogP contribution in [0.25, 0.3) is 0 Å². The third-order valence-electron chi connectivity index (χ3n) is 4.48. The Labute approximate surface area is 146 Å². The maximum absolute atomic E-state index is 11.7. The molecular formula is C17H34N4O3. The van der Waals surface area contributed by atoms with E-state index in [9.17, 15) is 4.79 Å². The van der Waals surface area contributed by atoms with Crippen molar-refractivity contribution in [2.45, 2.75) is 39.0 Å². The topological polar surface area (TPSA) is 84.0 Å². The number of carbonyl (C=O) groups excluding carboxylic acids is 1. The van der Waals surface area contributed by atoms with Crippen LogP contribution in [0, 0.1) is 5.41 Å². The van der Waals surface area contributed by atoms with Gasteiger partial charge < -0.3 is 25.4 Å². The summed E-state index contributed by atoms with van der Waals surface area (Å²) < 4.78 is 10.2. The summed E-state index contributed by atoms with van der Waals surface area (Å²) in [7, 11) is 3.36. The van der Waals surface area contributed by atoms with Gasteiger partial charge in [0.2, 0.25) is 5.91 Å². The van der Waals surface area contributed by atoms with Gasteiger partial charge in [0.15, 0.2) is 5.96 Å². The van der Waals surface area contributed by atoms with E-state index in [1.165, 1.54) is 25.7 Å². The Morgan fingerprint density at radius 1 is 1.08 bits per heavy atom. The maximum Gasteiger partial charge on any atom is 0.241 e. The fourth-order valence-corrected chi connectivity index (χ4v) is 3.07. The first-order valence-electron chi connectivity index (χ1n) is 8.92. The van der Waals surface area contributed by atoms with Crippen molar-refractivity contribution in [2.24, 2.45) is 10.4 Å². The molecule has 1 fully saturated rings. The summed E-state index contributed by atoms with van der Waals surface area (Å²) in [5.41, 5.74) is 0.285. The van der Waals surface area contributed by atoms with Gasteiger partial charge in [-0.1, -0.05) is 12.8 Å². The number of rotatable bonds is 11. The molecule has 1 aliphatic rings. The van der Waals surface area contributed by atoms with Gasteiger partial charge in [-0.05, 0) is 31.6 Å². The van der Waals surface area contributed by atoms with Gasteiger partial charge in [0.25, 0.3) is 0 Å². The smallest absolute Gasteiger partial charge is 0.241 e. The fraction of sp³-hybridized carbons (Fsp3) is 0.882. The van der Waals surface area contributed by atoms with E-state index in [4.69, 9.17) is 9.47 Å². The van der Waals surface area contributed by atoms with E-state index in [2.05, 4.69) is 20.9 Å². The number of carbonyl (C=O) groups is 1. The van der Waals surface area contributed by atoms with Gasteiger partial charge in [0.05, 0.1) is 6.61 Å². The second-order valence-electron chi connectivity index (χ2n) is 6.34. The number of hydrogen-bond donors (Lipinski definition) is 3. The van der Waals surface area contributed by atoms with Crippen molar-refractivity contribution in [1.82, 2.24) is 16.0 Å². The molecule has 1 saturated carbocycles. The minimum atomic E-state index is -0.0979. The number of nitrogens with zero attached hydrogens (tertiary/aromatic N) is 1. The molecule has 0 aromatic carbocycles. The third-order valence-corrected chi connectivity index (χ3v) is 4.48. The zero-order valence-corrected chi connectivity index (χ0v) is 15.5. The van der Waals surface area contributed by atoms with Crippen LogP contribution >= 0.6 is 0 Å². The fourth-order valence-electron chi connectivity index (χ4n) is 3.07. The molecule has 1 aliphatic carbocycles. The van der Waals surface area contributed by atoms with E-state index in [-0.39, 0.29) is 17.9 Å². The number of ether oxygens (including phenoxy) is 2. The quantitative estimate of drug-likeness (QED) is 0.295. The molecule has 0 bridgehead atoms. The first-order valence-corrected chi connectivity index (χ1v) is 8.92. The van der Waals surface area contributed by atoms with Crippen LogP contribution in [0.4, 0.5) is 0 Å². The Morgan fingerprint density at radius 2 is 1.79 bits per heavy atom. The summed E-state index contributed by atoms with van der Waals surface area (Å²) in [4.78, 5) is 16.1. The SMILES string of the molecule is CCNC(=NCC(=O)NCCOC)NCC1(CCOC)CCCC1. The van der Waals surface area contributed by atoms with Crippen molar-refractivity contribution in [3.05, 3.63) is 0 Å². The average Bonchev–Trinajstić information content (AvgIpc) is 3.05. The lowest BCUT2D eigenvalue weighted by molar-refractivity contribution is -0.119. The van der Waals surface area contributed by atoms with E-state index in [1.54, 1.807) is 14.2 Å². The largest absolute Gasteiger partial charge is 0.385 e. The molecule has 0 aromatic heterocycles. The Kier molecular flexibility index (Phi) is 10.4. The molecule has 140 valence electrons. The van der Waals surface area contributed by atoms with Crippen LogP contribution < -0.4 is 16.0 Å². The predicted molar refractivity (Wildman–Crippen MR) is 96.3 cm³/mol. The molecule has 0 aromatic rings. The highest BCUT2D eigenvalue weighted by molar-refractivity contribution is 5.84. The van der Waals surface area contributed by atoms with Crippen LogP contribution in [0.1, 0.15) is 39.0 Å². The molecule has 7 heteroatoms. The van der Waals surface area contributed by atoms with Crippen LogP contribution in [0.2, 0.25) is 0 Å². The minimum absolute atomic E-state index is 0.0979. The van der Waals surface area contributed by atoms with Crippen LogP contribution in [-0.2, 0) is 14.3 Å². The summed E-state index contributed by atoms with van der Waals surface area (Å²) >= 11 is 0. The molecule has 1 rings (SSSR count). The van der Waals surface area contributed by atoms with Gasteiger partial charge in [-0.2, -0.15) is 0 Å². The molecule has 1 amide bonds. The number of amides is 1. The molecule has 3 N–H and O–H groups in total.